The summed E-state index contributed by atoms with van der Waals surface area (Å²) in [6, 6.07) is -0.990. The van der Waals surface area contributed by atoms with Crippen LogP contribution in [0.2, 0.25) is 0 Å². The second-order valence-electron chi connectivity index (χ2n) is 3.56. The van der Waals surface area contributed by atoms with Gasteiger partial charge in [0.25, 0.3) is 5.91 Å². The van der Waals surface area contributed by atoms with Gasteiger partial charge in [-0.15, -0.1) is 0 Å². The lowest BCUT2D eigenvalue weighted by atomic mass is 10.1. The van der Waals surface area contributed by atoms with E-state index in [1.54, 1.807) is 0 Å². The lowest BCUT2D eigenvalue weighted by molar-refractivity contribution is -0.133. The highest BCUT2D eigenvalue weighted by molar-refractivity contribution is 8.00. The van der Waals surface area contributed by atoms with Crippen molar-refractivity contribution in [1.29, 1.82) is 0 Å². The molecule has 3 N–H and O–H groups in total. The van der Waals surface area contributed by atoms with Gasteiger partial charge in [0.05, 0.1) is 0 Å². The first-order valence-electron chi connectivity index (χ1n) is 5.25. The Labute approximate surface area is 116 Å². The molecule has 0 unspecified atom stereocenters. The van der Waals surface area contributed by atoms with Crippen molar-refractivity contribution in [3.63, 3.8) is 0 Å². The maximum absolute atomic E-state index is 11.8. The van der Waals surface area contributed by atoms with Crippen molar-refractivity contribution in [2.45, 2.75) is 19.4 Å². The third kappa shape index (κ3) is 7.67. The minimum atomic E-state index is -4.38. The molecule has 0 atom stereocenters. The quantitative estimate of drug-likeness (QED) is 0.528. The molecule has 0 aromatic rings. The van der Waals surface area contributed by atoms with Gasteiger partial charge in [-0.25, -0.2) is 9.59 Å². The van der Waals surface area contributed by atoms with Crippen LogP contribution in [-0.2, 0) is 9.59 Å². The number of aliphatic carboxylic acids is 1. The van der Waals surface area contributed by atoms with Crippen molar-refractivity contribution in [2.24, 2.45) is 0 Å². The van der Waals surface area contributed by atoms with Gasteiger partial charge in [-0.05, 0) is 25.6 Å². The van der Waals surface area contributed by atoms with E-state index in [-0.39, 0.29) is 29.5 Å². The van der Waals surface area contributed by atoms with E-state index >= 15 is 0 Å². The van der Waals surface area contributed by atoms with Gasteiger partial charge in [-0.1, -0.05) is 0 Å². The zero-order chi connectivity index (χ0) is 15.9. The molecule has 0 saturated heterocycles. The molecule has 0 aliphatic heterocycles. The highest BCUT2D eigenvalue weighted by atomic mass is 32.2. The number of thioether (sulfide) groups is 1. The molecule has 0 rings (SSSR count). The van der Waals surface area contributed by atoms with Gasteiger partial charge in [0.15, 0.2) is 0 Å². The summed E-state index contributed by atoms with van der Waals surface area (Å²) in [4.78, 5) is 33.2. The van der Waals surface area contributed by atoms with E-state index in [9.17, 15) is 27.6 Å². The van der Waals surface area contributed by atoms with Gasteiger partial charge in [-0.3, -0.25) is 10.1 Å². The number of carbonyl (C=O) groups is 3. The molecule has 10 heteroatoms. The average Bonchev–Trinajstić information content (AvgIpc) is 2.31. The molecule has 0 aromatic heterocycles. The molecule has 0 aliphatic carbocycles. The summed E-state index contributed by atoms with van der Waals surface area (Å²) in [7, 11) is 0. The normalized spacial score (nSPS) is 12.4. The lowest BCUT2D eigenvalue weighted by Crippen LogP contribution is -2.41. The number of carboxylic acid groups (broad SMARTS) is 1. The van der Waals surface area contributed by atoms with Crippen LogP contribution >= 0.6 is 11.8 Å². The maximum atomic E-state index is 11.8. The predicted molar refractivity (Wildman–Crippen MR) is 66.1 cm³/mol. The Morgan fingerprint density at radius 3 is 2.15 bits per heavy atom. The largest absolute Gasteiger partial charge is 0.478 e. The number of imide groups is 1. The van der Waals surface area contributed by atoms with Crippen molar-refractivity contribution in [3.05, 3.63) is 11.1 Å². The molecule has 114 valence electrons. The van der Waals surface area contributed by atoms with Crippen LogP contribution in [0.1, 0.15) is 13.8 Å². The standard InChI is InChI=1S/C10H13F3N2O4S/c1-5(6(2)8(17)18)7(16)15-9(19)14-3-4-20-10(11,12)13/h3-4H2,1-2H3,(H,17,18)(H2,14,15,16,19). The van der Waals surface area contributed by atoms with E-state index in [2.05, 4.69) is 0 Å². The minimum absolute atomic E-state index is 0.169. The smallest absolute Gasteiger partial charge is 0.441 e. The van der Waals surface area contributed by atoms with Crippen molar-refractivity contribution in [1.82, 2.24) is 10.6 Å². The minimum Gasteiger partial charge on any atom is -0.478 e. The Balaban J connectivity index is 4.19. The summed E-state index contributed by atoms with van der Waals surface area (Å²) in [6.07, 6.45) is 0. The fourth-order valence-corrected chi connectivity index (χ4v) is 1.34. The topological polar surface area (TPSA) is 95.5 Å². The zero-order valence-corrected chi connectivity index (χ0v) is 11.4. The van der Waals surface area contributed by atoms with Crippen LogP contribution in [0.3, 0.4) is 0 Å². The Bertz CT molecular complexity index is 435. The molecule has 0 radical (unpaired) electrons. The first kappa shape index (κ1) is 18.3. The Morgan fingerprint density at radius 1 is 1.15 bits per heavy atom. The van der Waals surface area contributed by atoms with Gasteiger partial charge >= 0.3 is 17.5 Å². The van der Waals surface area contributed by atoms with E-state index < -0.39 is 29.2 Å². The van der Waals surface area contributed by atoms with Gasteiger partial charge in [0.2, 0.25) is 0 Å². The van der Waals surface area contributed by atoms with Gasteiger partial charge in [0.1, 0.15) is 0 Å². The first-order valence-corrected chi connectivity index (χ1v) is 6.23. The number of alkyl halides is 3. The summed E-state index contributed by atoms with van der Waals surface area (Å²) in [5.41, 5.74) is -4.79. The fraction of sp³-hybridized carbons (Fsp3) is 0.500. The van der Waals surface area contributed by atoms with E-state index in [1.807, 2.05) is 10.6 Å². The summed E-state index contributed by atoms with van der Waals surface area (Å²) in [6.45, 7) is 2.12. The molecule has 20 heavy (non-hydrogen) atoms. The number of urea groups is 1. The number of rotatable bonds is 5. The van der Waals surface area contributed by atoms with Crippen LogP contribution in [0, 0.1) is 0 Å². The molecule has 0 fully saturated rings. The number of carboxylic acids is 1. The summed E-state index contributed by atoms with van der Waals surface area (Å²) in [5.74, 6) is -2.63. The van der Waals surface area contributed by atoms with Crippen LogP contribution in [-0.4, -0.2) is 40.8 Å². The molecule has 0 heterocycles. The molecule has 0 spiro atoms. The number of halogens is 3. The Morgan fingerprint density at radius 2 is 1.70 bits per heavy atom. The number of hydrogen-bond donors (Lipinski definition) is 3. The second-order valence-corrected chi connectivity index (χ2v) is 4.72. The summed E-state index contributed by atoms with van der Waals surface area (Å²) in [5, 5.41) is 12.5. The SMILES string of the molecule is CC(C(=O)O)=C(C)C(=O)NC(=O)NCCSC(F)(F)F. The molecule has 0 aromatic carbocycles. The van der Waals surface area contributed by atoms with Crippen molar-refractivity contribution in [2.75, 3.05) is 12.3 Å². The monoisotopic (exact) mass is 314 g/mol. The van der Waals surface area contributed by atoms with Crippen LogP contribution in [0.4, 0.5) is 18.0 Å². The van der Waals surface area contributed by atoms with Crippen molar-refractivity contribution < 1.29 is 32.7 Å². The molecule has 6 nitrogen and oxygen atoms in total. The predicted octanol–water partition coefficient (Wildman–Crippen LogP) is 1.49. The molecule has 3 amide bonds. The van der Waals surface area contributed by atoms with Crippen LogP contribution in [0.25, 0.3) is 0 Å². The van der Waals surface area contributed by atoms with E-state index in [4.69, 9.17) is 5.11 Å². The molecular weight excluding hydrogens is 301 g/mol. The van der Waals surface area contributed by atoms with Gasteiger partial charge in [-0.2, -0.15) is 13.2 Å². The van der Waals surface area contributed by atoms with Crippen LogP contribution in [0.15, 0.2) is 11.1 Å². The number of amides is 3. The third-order valence-corrected chi connectivity index (χ3v) is 2.84. The summed E-state index contributed by atoms with van der Waals surface area (Å²) >= 11 is -0.305. The zero-order valence-electron chi connectivity index (χ0n) is 10.6. The molecule has 0 saturated carbocycles. The van der Waals surface area contributed by atoms with Crippen LogP contribution in [0.5, 0.6) is 0 Å². The maximum Gasteiger partial charge on any atom is 0.441 e. The lowest BCUT2D eigenvalue weighted by Gasteiger charge is -2.08. The van der Waals surface area contributed by atoms with Gasteiger partial charge < -0.3 is 10.4 Å². The van der Waals surface area contributed by atoms with Gasteiger partial charge in [0, 0.05) is 23.4 Å². The van der Waals surface area contributed by atoms with Crippen molar-refractivity contribution in [3.8, 4) is 0 Å². The van der Waals surface area contributed by atoms with E-state index in [0.29, 0.717) is 0 Å². The average molecular weight is 314 g/mol. The summed E-state index contributed by atoms with van der Waals surface area (Å²) < 4.78 is 35.3. The molecular formula is C10H13F3N2O4S. The highest BCUT2D eigenvalue weighted by Crippen LogP contribution is 2.29. The number of hydrogen-bond acceptors (Lipinski definition) is 4. The Kier molecular flexibility index (Phi) is 7.11. The van der Waals surface area contributed by atoms with Crippen LogP contribution < -0.4 is 10.6 Å². The second kappa shape index (κ2) is 7.78. The molecule has 0 bridgehead atoms. The Hall–Kier alpha value is -1.71. The highest BCUT2D eigenvalue weighted by Gasteiger charge is 2.27. The van der Waals surface area contributed by atoms with E-state index in [1.165, 1.54) is 13.8 Å². The van der Waals surface area contributed by atoms with E-state index in [0.717, 1.165) is 0 Å². The molecule has 0 aliphatic rings. The van der Waals surface area contributed by atoms with Crippen molar-refractivity contribution >= 4 is 29.7 Å². The fourth-order valence-electron chi connectivity index (χ4n) is 0.903. The number of nitrogens with one attached hydrogen (secondary N) is 2. The number of carbonyl (C=O) groups excluding carboxylic acids is 2. The third-order valence-electron chi connectivity index (χ3n) is 2.10. The first-order chi connectivity index (χ1) is 9.04.